The molecule has 0 fully saturated rings. The highest BCUT2D eigenvalue weighted by Crippen LogP contribution is 2.33. The Balaban J connectivity index is 1.59. The number of halogens is 3. The maximum Gasteiger partial charge on any atom is 0.416 e. The summed E-state index contributed by atoms with van der Waals surface area (Å²) < 4.78 is 44.3. The molecule has 0 atom stereocenters. The van der Waals surface area contributed by atoms with Gasteiger partial charge in [-0.1, -0.05) is 12.1 Å². The van der Waals surface area contributed by atoms with Crippen LogP contribution in [0.2, 0.25) is 0 Å². The summed E-state index contributed by atoms with van der Waals surface area (Å²) in [5.41, 5.74) is 9.62. The number of carbonyl (C=O) groups is 1. The molecule has 0 unspecified atom stereocenters. The van der Waals surface area contributed by atoms with E-state index < -0.39 is 11.7 Å². The molecule has 4 rings (SSSR count). The monoisotopic (exact) mass is 441 g/mol. The molecule has 32 heavy (non-hydrogen) atoms. The average Bonchev–Trinajstić information content (AvgIpc) is 3.00. The van der Waals surface area contributed by atoms with E-state index in [0.29, 0.717) is 24.6 Å². The number of amides is 1. The molecule has 5 nitrogen and oxygen atoms in total. The Labute approximate surface area is 183 Å². The molecule has 8 heteroatoms. The van der Waals surface area contributed by atoms with Crippen LogP contribution in [-0.4, -0.2) is 31.0 Å². The summed E-state index contributed by atoms with van der Waals surface area (Å²) >= 11 is 0. The second-order valence-corrected chi connectivity index (χ2v) is 7.52. The van der Waals surface area contributed by atoms with Crippen molar-refractivity contribution in [3.63, 3.8) is 0 Å². The molecule has 1 aliphatic heterocycles. The van der Waals surface area contributed by atoms with Crippen molar-refractivity contribution in [2.75, 3.05) is 31.2 Å². The number of hydrogen-bond donors (Lipinski definition) is 2. The third kappa shape index (κ3) is 4.34. The number of ether oxygens (including phenoxy) is 1. The number of benzene rings is 3. The van der Waals surface area contributed by atoms with Gasteiger partial charge in [0.15, 0.2) is 0 Å². The zero-order valence-electron chi connectivity index (χ0n) is 17.4. The lowest BCUT2D eigenvalue weighted by molar-refractivity contribution is -0.137. The van der Waals surface area contributed by atoms with E-state index in [1.807, 2.05) is 36.4 Å². The van der Waals surface area contributed by atoms with Crippen LogP contribution in [0, 0.1) is 0 Å². The van der Waals surface area contributed by atoms with Crippen molar-refractivity contribution >= 4 is 17.3 Å². The number of alkyl halides is 3. The number of nitrogen functional groups attached to an aromatic ring is 1. The molecule has 1 amide bonds. The maximum absolute atomic E-state index is 13.0. The number of nitrogens with two attached hydrogens (primary N) is 1. The molecule has 0 saturated carbocycles. The van der Waals surface area contributed by atoms with Gasteiger partial charge in [0, 0.05) is 24.7 Å². The van der Waals surface area contributed by atoms with E-state index in [1.54, 1.807) is 11.9 Å². The van der Waals surface area contributed by atoms with Gasteiger partial charge in [-0.2, -0.15) is 13.2 Å². The van der Waals surface area contributed by atoms with Crippen molar-refractivity contribution in [2.45, 2.75) is 12.7 Å². The summed E-state index contributed by atoms with van der Waals surface area (Å²) in [4.78, 5) is 14.5. The highest BCUT2D eigenvalue weighted by atomic mass is 19.4. The molecule has 0 aliphatic carbocycles. The molecule has 0 spiro atoms. The predicted molar refractivity (Wildman–Crippen MR) is 118 cm³/mol. The molecule has 0 aromatic heterocycles. The number of rotatable bonds is 3. The topological polar surface area (TPSA) is 67.6 Å². The number of carbonyl (C=O) groups excluding carboxylic acids is 1. The van der Waals surface area contributed by atoms with Gasteiger partial charge < -0.3 is 20.7 Å². The molecule has 3 aromatic carbocycles. The lowest BCUT2D eigenvalue weighted by Crippen LogP contribution is -2.32. The number of fused-ring (bicyclic) bond motifs is 1. The van der Waals surface area contributed by atoms with E-state index in [4.69, 9.17) is 10.5 Å². The van der Waals surface area contributed by atoms with Gasteiger partial charge in [0.1, 0.15) is 12.4 Å². The zero-order valence-corrected chi connectivity index (χ0v) is 17.4. The Morgan fingerprint density at radius 2 is 1.72 bits per heavy atom. The Bertz CT molecular complexity index is 1140. The molecule has 0 bridgehead atoms. The third-order valence-electron chi connectivity index (χ3n) is 5.44. The molecular weight excluding hydrogens is 419 g/mol. The lowest BCUT2D eigenvalue weighted by atomic mass is 10.0. The second kappa shape index (κ2) is 8.45. The van der Waals surface area contributed by atoms with Crippen LogP contribution < -0.4 is 15.8 Å². The van der Waals surface area contributed by atoms with Gasteiger partial charge in [0.25, 0.3) is 5.91 Å². The quantitative estimate of drug-likeness (QED) is 0.560. The van der Waals surface area contributed by atoms with Crippen LogP contribution in [0.3, 0.4) is 0 Å². The van der Waals surface area contributed by atoms with Crippen LogP contribution in [0.1, 0.15) is 21.5 Å². The van der Waals surface area contributed by atoms with E-state index in [-0.39, 0.29) is 18.0 Å². The van der Waals surface area contributed by atoms with Crippen molar-refractivity contribution in [2.24, 2.45) is 0 Å². The van der Waals surface area contributed by atoms with Crippen molar-refractivity contribution in [1.82, 2.24) is 4.90 Å². The van der Waals surface area contributed by atoms with Crippen molar-refractivity contribution in [3.8, 4) is 16.9 Å². The lowest BCUT2D eigenvalue weighted by Gasteiger charge is -2.20. The predicted octanol–water partition coefficient (Wildman–Crippen LogP) is 5.03. The SMILES string of the molecule is CNc1ccc(-c2ccc3c(c2)CN(C(=O)c2ccc(C(F)(F)F)cc2)CCO3)cc1N. The number of nitrogens with one attached hydrogen (secondary N) is 1. The highest BCUT2D eigenvalue weighted by Gasteiger charge is 2.30. The summed E-state index contributed by atoms with van der Waals surface area (Å²) in [5, 5.41) is 3.03. The van der Waals surface area contributed by atoms with Crippen LogP contribution in [-0.2, 0) is 12.7 Å². The van der Waals surface area contributed by atoms with E-state index >= 15 is 0 Å². The Morgan fingerprint density at radius 1 is 1.03 bits per heavy atom. The minimum absolute atomic E-state index is 0.202. The van der Waals surface area contributed by atoms with Gasteiger partial charge in [-0.15, -0.1) is 0 Å². The molecule has 0 saturated heterocycles. The normalized spacial score (nSPS) is 13.7. The largest absolute Gasteiger partial charge is 0.491 e. The third-order valence-corrected chi connectivity index (χ3v) is 5.44. The number of hydrogen-bond acceptors (Lipinski definition) is 4. The standard InChI is InChI=1S/C24H22F3N3O2/c1-29-21-8-4-17(13-20(21)28)16-5-9-22-18(12-16)14-30(10-11-32-22)23(31)15-2-6-19(7-3-15)24(25,26)27/h2-9,12-13,29H,10-11,14,28H2,1H3. The van der Waals surface area contributed by atoms with Gasteiger partial charge in [-0.25, -0.2) is 0 Å². The molecule has 166 valence electrons. The zero-order chi connectivity index (χ0) is 22.9. The molecule has 0 radical (unpaired) electrons. The van der Waals surface area contributed by atoms with Crippen LogP contribution in [0.15, 0.2) is 60.7 Å². The number of anilines is 2. The fraction of sp³-hybridized carbons (Fsp3) is 0.208. The fourth-order valence-electron chi connectivity index (χ4n) is 3.70. The first-order chi connectivity index (χ1) is 15.3. The van der Waals surface area contributed by atoms with Crippen molar-refractivity contribution in [1.29, 1.82) is 0 Å². The highest BCUT2D eigenvalue weighted by molar-refractivity contribution is 5.94. The summed E-state index contributed by atoms with van der Waals surface area (Å²) in [6.07, 6.45) is -4.44. The summed E-state index contributed by atoms with van der Waals surface area (Å²) in [7, 11) is 1.80. The Hall–Kier alpha value is -3.68. The van der Waals surface area contributed by atoms with Gasteiger partial charge in [-0.05, 0) is 59.7 Å². The molecule has 3 N–H and O–H groups in total. The second-order valence-electron chi connectivity index (χ2n) is 7.52. The van der Waals surface area contributed by atoms with Gasteiger partial charge in [0.2, 0.25) is 0 Å². The van der Waals surface area contributed by atoms with Gasteiger partial charge >= 0.3 is 6.18 Å². The van der Waals surface area contributed by atoms with Gasteiger partial charge in [0.05, 0.1) is 23.5 Å². The van der Waals surface area contributed by atoms with E-state index in [2.05, 4.69) is 5.32 Å². The molecular formula is C24H22F3N3O2. The van der Waals surface area contributed by atoms with Crippen LogP contribution >= 0.6 is 0 Å². The fourth-order valence-corrected chi connectivity index (χ4v) is 3.70. The minimum atomic E-state index is -4.44. The van der Waals surface area contributed by atoms with Crippen LogP contribution in [0.25, 0.3) is 11.1 Å². The summed E-state index contributed by atoms with van der Waals surface area (Å²) in [6, 6.07) is 15.7. The minimum Gasteiger partial charge on any atom is -0.491 e. The molecule has 3 aromatic rings. The van der Waals surface area contributed by atoms with Crippen molar-refractivity contribution in [3.05, 3.63) is 77.4 Å². The summed E-state index contributed by atoms with van der Waals surface area (Å²) in [6.45, 7) is 0.906. The number of nitrogens with zero attached hydrogens (tertiary/aromatic N) is 1. The smallest absolute Gasteiger partial charge is 0.416 e. The first-order valence-corrected chi connectivity index (χ1v) is 10.1. The van der Waals surface area contributed by atoms with Gasteiger partial charge in [-0.3, -0.25) is 4.79 Å². The van der Waals surface area contributed by atoms with Crippen molar-refractivity contribution < 1.29 is 22.7 Å². The van der Waals surface area contributed by atoms with E-state index in [9.17, 15) is 18.0 Å². The Morgan fingerprint density at radius 3 is 2.38 bits per heavy atom. The molecule has 1 aliphatic rings. The molecule has 1 heterocycles. The summed E-state index contributed by atoms with van der Waals surface area (Å²) in [5.74, 6) is 0.333. The Kier molecular flexibility index (Phi) is 5.69. The first kappa shape index (κ1) is 21.5. The first-order valence-electron chi connectivity index (χ1n) is 10.1. The van der Waals surface area contributed by atoms with E-state index in [1.165, 1.54) is 12.1 Å². The van der Waals surface area contributed by atoms with Crippen LogP contribution in [0.5, 0.6) is 5.75 Å². The maximum atomic E-state index is 13.0. The average molecular weight is 441 g/mol. The van der Waals surface area contributed by atoms with E-state index in [0.717, 1.165) is 34.5 Å². The van der Waals surface area contributed by atoms with Crippen LogP contribution in [0.4, 0.5) is 24.5 Å².